The lowest BCUT2D eigenvalue weighted by atomic mass is 10.2. The molecule has 0 saturated carbocycles. The number of hydrogen-bond donors (Lipinski definition) is 2. The summed E-state index contributed by atoms with van der Waals surface area (Å²) in [7, 11) is 0. The van der Waals surface area contributed by atoms with Crippen LogP contribution < -0.4 is 10.6 Å². The molecule has 0 bridgehead atoms. The van der Waals surface area contributed by atoms with Crippen LogP contribution in [0.4, 0.5) is 4.39 Å². The van der Waals surface area contributed by atoms with E-state index in [-0.39, 0.29) is 18.8 Å². The molecule has 0 fully saturated rings. The van der Waals surface area contributed by atoms with Gasteiger partial charge >= 0.3 is 0 Å². The molecule has 0 spiro atoms. The summed E-state index contributed by atoms with van der Waals surface area (Å²) >= 11 is 0. The lowest BCUT2D eigenvalue weighted by Crippen LogP contribution is -2.31. The van der Waals surface area contributed by atoms with Gasteiger partial charge in [-0.25, -0.2) is 4.39 Å². The Bertz CT molecular complexity index is 647. The van der Waals surface area contributed by atoms with Gasteiger partial charge in [0, 0.05) is 31.0 Å². The van der Waals surface area contributed by atoms with Crippen molar-refractivity contribution in [3.8, 4) is 0 Å². The number of nitrogens with one attached hydrogen (secondary N) is 2. The van der Waals surface area contributed by atoms with Crippen LogP contribution in [0.3, 0.4) is 0 Å². The highest BCUT2D eigenvalue weighted by Crippen LogP contribution is 2.05. The first-order valence-electron chi connectivity index (χ1n) is 6.81. The van der Waals surface area contributed by atoms with Crippen molar-refractivity contribution >= 4 is 11.8 Å². The Morgan fingerprint density at radius 3 is 2.41 bits per heavy atom. The molecule has 2 N–H and O–H groups in total. The summed E-state index contributed by atoms with van der Waals surface area (Å²) in [5, 5.41) is 5.14. The Balaban J connectivity index is 1.72. The van der Waals surface area contributed by atoms with E-state index in [1.165, 1.54) is 6.07 Å². The normalized spacial score (nSPS) is 10.0. The van der Waals surface area contributed by atoms with Crippen molar-refractivity contribution in [1.29, 1.82) is 0 Å². The second kappa shape index (κ2) is 7.87. The number of halogens is 1. The maximum atomic E-state index is 13.4. The topological polar surface area (TPSA) is 71.1 Å². The smallest absolute Gasteiger partial charge is 0.229 e. The van der Waals surface area contributed by atoms with Crippen LogP contribution in [0, 0.1) is 5.82 Å². The monoisotopic (exact) mass is 301 g/mol. The van der Waals surface area contributed by atoms with E-state index in [1.54, 1.807) is 36.7 Å². The lowest BCUT2D eigenvalue weighted by molar-refractivity contribution is -0.129. The first kappa shape index (κ1) is 15.6. The first-order chi connectivity index (χ1) is 10.6. The third-order valence-corrected chi connectivity index (χ3v) is 2.97. The molecule has 0 aliphatic rings. The van der Waals surface area contributed by atoms with Crippen LogP contribution in [-0.4, -0.2) is 16.8 Å². The Morgan fingerprint density at radius 2 is 1.73 bits per heavy atom. The molecule has 1 aromatic carbocycles. The van der Waals surface area contributed by atoms with E-state index in [4.69, 9.17) is 0 Å². The number of benzene rings is 1. The molecule has 6 heteroatoms. The van der Waals surface area contributed by atoms with Gasteiger partial charge in [-0.2, -0.15) is 0 Å². The van der Waals surface area contributed by atoms with Crippen LogP contribution in [0.2, 0.25) is 0 Å². The van der Waals surface area contributed by atoms with Crippen molar-refractivity contribution in [2.75, 3.05) is 0 Å². The largest absolute Gasteiger partial charge is 0.352 e. The summed E-state index contributed by atoms with van der Waals surface area (Å²) in [5.41, 5.74) is 1.23. The van der Waals surface area contributed by atoms with E-state index in [1.807, 2.05) is 6.07 Å². The van der Waals surface area contributed by atoms with Crippen molar-refractivity contribution in [1.82, 2.24) is 15.6 Å². The molecule has 0 atom stereocenters. The lowest BCUT2D eigenvalue weighted by Gasteiger charge is -2.07. The molecule has 2 amide bonds. The van der Waals surface area contributed by atoms with E-state index in [0.717, 1.165) is 5.56 Å². The molecule has 0 aliphatic heterocycles. The van der Waals surface area contributed by atoms with Crippen molar-refractivity contribution in [2.45, 2.75) is 19.5 Å². The third-order valence-electron chi connectivity index (χ3n) is 2.97. The number of aromatic nitrogens is 1. The summed E-state index contributed by atoms with van der Waals surface area (Å²) in [6.45, 7) is 0.370. The summed E-state index contributed by atoms with van der Waals surface area (Å²) in [5.74, 6) is -1.23. The quantitative estimate of drug-likeness (QED) is 0.795. The Labute approximate surface area is 127 Å². The van der Waals surface area contributed by atoms with Crippen molar-refractivity contribution < 1.29 is 14.0 Å². The summed E-state index contributed by atoms with van der Waals surface area (Å²) in [4.78, 5) is 27.2. The Hall–Kier alpha value is -2.76. The van der Waals surface area contributed by atoms with Gasteiger partial charge in [0.05, 0.1) is 0 Å². The summed E-state index contributed by atoms with van der Waals surface area (Å²) in [6, 6.07) is 9.76. The average Bonchev–Trinajstić information content (AvgIpc) is 2.53. The van der Waals surface area contributed by atoms with Gasteiger partial charge in [-0.15, -0.1) is 0 Å². The second-order valence-electron chi connectivity index (χ2n) is 4.68. The van der Waals surface area contributed by atoms with Crippen LogP contribution in [0.15, 0.2) is 48.8 Å². The van der Waals surface area contributed by atoms with Gasteiger partial charge in [0.2, 0.25) is 11.8 Å². The van der Waals surface area contributed by atoms with Gasteiger partial charge in [0.25, 0.3) is 0 Å². The van der Waals surface area contributed by atoms with Crippen LogP contribution >= 0.6 is 0 Å². The fourth-order valence-corrected chi connectivity index (χ4v) is 1.81. The molecule has 0 radical (unpaired) electrons. The van der Waals surface area contributed by atoms with Crippen LogP contribution in [0.25, 0.3) is 0 Å². The van der Waals surface area contributed by atoms with Crippen molar-refractivity contribution in [3.63, 3.8) is 0 Å². The van der Waals surface area contributed by atoms with Crippen molar-refractivity contribution in [3.05, 3.63) is 65.7 Å². The van der Waals surface area contributed by atoms with E-state index < -0.39 is 11.8 Å². The molecule has 0 unspecified atom stereocenters. The van der Waals surface area contributed by atoms with Gasteiger partial charge in [-0.05, 0) is 17.7 Å². The minimum atomic E-state index is -0.452. The maximum absolute atomic E-state index is 13.4. The molecule has 0 saturated heterocycles. The maximum Gasteiger partial charge on any atom is 0.229 e. The van der Waals surface area contributed by atoms with Gasteiger partial charge < -0.3 is 10.6 Å². The zero-order chi connectivity index (χ0) is 15.8. The predicted molar refractivity (Wildman–Crippen MR) is 78.9 cm³/mol. The molecule has 1 heterocycles. The minimum absolute atomic E-state index is 0.0569. The number of rotatable bonds is 6. The van der Waals surface area contributed by atoms with Gasteiger partial charge in [-0.3, -0.25) is 14.6 Å². The highest BCUT2D eigenvalue weighted by molar-refractivity contribution is 5.96. The molecule has 2 rings (SSSR count). The molecule has 2 aromatic rings. The number of nitrogens with zero attached hydrogens (tertiary/aromatic N) is 1. The number of amides is 2. The molecule has 114 valence electrons. The highest BCUT2D eigenvalue weighted by Gasteiger charge is 2.10. The molecule has 0 aliphatic carbocycles. The summed E-state index contributed by atoms with van der Waals surface area (Å²) < 4.78 is 13.4. The fourth-order valence-electron chi connectivity index (χ4n) is 1.81. The number of hydrogen-bond acceptors (Lipinski definition) is 3. The molecule has 1 aromatic heterocycles. The summed E-state index contributed by atoms with van der Waals surface area (Å²) in [6.07, 6.45) is 2.98. The third kappa shape index (κ3) is 4.97. The SMILES string of the molecule is O=C(CC(=O)NCc1ccccc1F)NCc1cccnc1. The number of carbonyl (C=O) groups is 2. The number of carbonyl (C=O) groups excluding carboxylic acids is 2. The van der Waals surface area contributed by atoms with Gasteiger partial charge in [0.1, 0.15) is 12.2 Å². The molecule has 5 nitrogen and oxygen atoms in total. The van der Waals surface area contributed by atoms with Crippen LogP contribution in [0.5, 0.6) is 0 Å². The van der Waals surface area contributed by atoms with Crippen LogP contribution in [0.1, 0.15) is 17.5 Å². The fraction of sp³-hybridized carbons (Fsp3) is 0.188. The average molecular weight is 301 g/mol. The van der Waals surface area contributed by atoms with Crippen LogP contribution in [-0.2, 0) is 22.7 Å². The first-order valence-corrected chi connectivity index (χ1v) is 6.81. The Kier molecular flexibility index (Phi) is 5.59. The minimum Gasteiger partial charge on any atom is -0.352 e. The predicted octanol–water partition coefficient (Wildman–Crippen LogP) is 1.54. The number of pyridine rings is 1. The van der Waals surface area contributed by atoms with E-state index >= 15 is 0 Å². The van der Waals surface area contributed by atoms with Gasteiger partial charge in [-0.1, -0.05) is 24.3 Å². The van der Waals surface area contributed by atoms with E-state index in [2.05, 4.69) is 15.6 Å². The molecule has 22 heavy (non-hydrogen) atoms. The highest BCUT2D eigenvalue weighted by atomic mass is 19.1. The van der Waals surface area contributed by atoms with Gasteiger partial charge in [0.15, 0.2) is 0 Å². The second-order valence-corrected chi connectivity index (χ2v) is 4.68. The molecular weight excluding hydrogens is 285 g/mol. The zero-order valence-electron chi connectivity index (χ0n) is 11.9. The standard InChI is InChI=1S/C16H16FN3O2/c17-14-6-2-1-5-13(14)11-20-16(22)8-15(21)19-10-12-4-3-7-18-9-12/h1-7,9H,8,10-11H2,(H,19,21)(H,20,22). The van der Waals surface area contributed by atoms with Crippen molar-refractivity contribution in [2.24, 2.45) is 0 Å². The molecular formula is C16H16FN3O2. The van der Waals surface area contributed by atoms with E-state index in [9.17, 15) is 14.0 Å². The zero-order valence-corrected chi connectivity index (χ0v) is 11.9. The van der Waals surface area contributed by atoms with E-state index in [0.29, 0.717) is 12.1 Å². The Morgan fingerprint density at radius 1 is 1.00 bits per heavy atom.